The number of carbonyl (C=O) groups excluding carboxylic acids is 1. The summed E-state index contributed by atoms with van der Waals surface area (Å²) >= 11 is 0. The summed E-state index contributed by atoms with van der Waals surface area (Å²) in [6.45, 7) is 4.17. The molecule has 0 bridgehead atoms. The van der Waals surface area contributed by atoms with Crippen LogP contribution in [0.4, 0.5) is 0 Å². The Bertz CT molecular complexity index is 1080. The zero-order chi connectivity index (χ0) is 22.0. The van der Waals surface area contributed by atoms with Crippen LogP contribution in [0.15, 0.2) is 47.4 Å². The van der Waals surface area contributed by atoms with E-state index in [0.29, 0.717) is 23.3 Å². The van der Waals surface area contributed by atoms with Crippen LogP contribution in [-0.4, -0.2) is 56.2 Å². The molecule has 1 aromatic carbocycles. The summed E-state index contributed by atoms with van der Waals surface area (Å²) in [6.07, 6.45) is 9.22. The van der Waals surface area contributed by atoms with Crippen molar-refractivity contribution in [2.75, 3.05) is 19.7 Å². The maximum Gasteiger partial charge on any atom is 0.253 e. The molecule has 0 radical (unpaired) electrons. The molecule has 1 atom stereocenters. The van der Waals surface area contributed by atoms with Crippen LogP contribution in [0, 0.1) is 12.8 Å². The largest absolute Gasteiger partial charge is 0.375 e. The lowest BCUT2D eigenvalue weighted by Crippen LogP contribution is -2.51. The van der Waals surface area contributed by atoms with Crippen LogP contribution in [0.3, 0.4) is 0 Å². The molecule has 2 fully saturated rings. The van der Waals surface area contributed by atoms with Gasteiger partial charge in [0.1, 0.15) is 5.69 Å². The van der Waals surface area contributed by atoms with Crippen LogP contribution in [0.2, 0.25) is 0 Å². The second-order valence-corrected chi connectivity index (χ2v) is 8.86. The van der Waals surface area contributed by atoms with E-state index in [2.05, 4.69) is 20.1 Å². The van der Waals surface area contributed by atoms with Gasteiger partial charge in [-0.05, 0) is 50.7 Å². The van der Waals surface area contributed by atoms with Gasteiger partial charge in [-0.15, -0.1) is 0 Å². The van der Waals surface area contributed by atoms with E-state index in [-0.39, 0.29) is 11.5 Å². The third-order valence-electron chi connectivity index (χ3n) is 6.55. The Morgan fingerprint density at radius 2 is 2.12 bits per heavy atom. The molecular weight excluding hydrogens is 406 g/mol. The number of hydrogen-bond donors (Lipinski definition) is 0. The van der Waals surface area contributed by atoms with E-state index in [9.17, 15) is 4.79 Å². The average Bonchev–Trinajstić information content (AvgIpc) is 3.28. The van der Waals surface area contributed by atoms with E-state index in [1.54, 1.807) is 18.6 Å². The van der Waals surface area contributed by atoms with Gasteiger partial charge in [0.2, 0.25) is 11.7 Å². The monoisotopic (exact) mass is 433 g/mol. The molecular formula is C24H27N5O3. The predicted octanol–water partition coefficient (Wildman–Crippen LogP) is 3.48. The van der Waals surface area contributed by atoms with Gasteiger partial charge in [-0.3, -0.25) is 9.78 Å². The van der Waals surface area contributed by atoms with Crippen molar-refractivity contribution in [3.05, 3.63) is 59.9 Å². The van der Waals surface area contributed by atoms with E-state index in [0.717, 1.165) is 62.9 Å². The molecule has 0 N–H and O–H groups in total. The SMILES string of the molecule is Cc1cccc(C(=O)N2CCC3(CC2)CC(Cc2nc(-c4cnccn4)no2)CCO3)c1. The summed E-state index contributed by atoms with van der Waals surface area (Å²) in [6, 6.07) is 7.81. The van der Waals surface area contributed by atoms with E-state index < -0.39 is 0 Å². The van der Waals surface area contributed by atoms with E-state index >= 15 is 0 Å². The highest BCUT2D eigenvalue weighted by molar-refractivity contribution is 5.94. The third kappa shape index (κ3) is 4.41. The summed E-state index contributed by atoms with van der Waals surface area (Å²) < 4.78 is 11.8. The van der Waals surface area contributed by atoms with Crippen molar-refractivity contribution >= 4 is 5.91 Å². The first-order valence-corrected chi connectivity index (χ1v) is 11.2. The number of benzene rings is 1. The number of likely N-dealkylation sites (tertiary alicyclic amines) is 1. The molecule has 1 unspecified atom stereocenters. The lowest BCUT2D eigenvalue weighted by molar-refractivity contribution is -0.124. The van der Waals surface area contributed by atoms with Crippen molar-refractivity contribution < 1.29 is 14.1 Å². The average molecular weight is 434 g/mol. The van der Waals surface area contributed by atoms with E-state index in [4.69, 9.17) is 9.26 Å². The third-order valence-corrected chi connectivity index (χ3v) is 6.55. The van der Waals surface area contributed by atoms with Gasteiger partial charge in [0.25, 0.3) is 5.91 Å². The van der Waals surface area contributed by atoms with Crippen molar-refractivity contribution in [3.8, 4) is 11.5 Å². The Kier molecular flexibility index (Phi) is 5.70. The fraction of sp³-hybridized carbons (Fsp3) is 0.458. The van der Waals surface area contributed by atoms with Gasteiger partial charge >= 0.3 is 0 Å². The highest BCUT2D eigenvalue weighted by Crippen LogP contribution is 2.39. The molecule has 2 aromatic heterocycles. The van der Waals surface area contributed by atoms with Crippen molar-refractivity contribution in [3.63, 3.8) is 0 Å². The van der Waals surface area contributed by atoms with Crippen molar-refractivity contribution in [2.24, 2.45) is 5.92 Å². The molecule has 2 aliphatic rings. The first-order chi connectivity index (χ1) is 15.6. The van der Waals surface area contributed by atoms with Crippen molar-refractivity contribution in [1.82, 2.24) is 25.0 Å². The number of hydrogen-bond acceptors (Lipinski definition) is 7. The van der Waals surface area contributed by atoms with Gasteiger partial charge in [-0.2, -0.15) is 4.98 Å². The Morgan fingerprint density at radius 3 is 2.91 bits per heavy atom. The Labute approximate surface area is 187 Å². The summed E-state index contributed by atoms with van der Waals surface area (Å²) in [7, 11) is 0. The second kappa shape index (κ2) is 8.78. The molecule has 8 nitrogen and oxygen atoms in total. The molecule has 166 valence electrons. The minimum Gasteiger partial charge on any atom is -0.375 e. The topological polar surface area (TPSA) is 94.2 Å². The number of aromatic nitrogens is 4. The number of ether oxygens (including phenoxy) is 1. The zero-order valence-corrected chi connectivity index (χ0v) is 18.2. The molecule has 1 spiro atoms. The number of rotatable bonds is 4. The molecule has 1 amide bonds. The summed E-state index contributed by atoms with van der Waals surface area (Å²) in [5.41, 5.74) is 2.31. The van der Waals surface area contributed by atoms with Crippen LogP contribution in [0.1, 0.15) is 47.5 Å². The number of carbonyl (C=O) groups is 1. The first kappa shape index (κ1) is 20.8. The van der Waals surface area contributed by atoms with Crippen LogP contribution in [0.25, 0.3) is 11.5 Å². The summed E-state index contributed by atoms with van der Waals surface area (Å²) in [4.78, 5) is 27.6. The minimum absolute atomic E-state index is 0.110. The quantitative estimate of drug-likeness (QED) is 0.622. The fourth-order valence-corrected chi connectivity index (χ4v) is 4.83. The molecule has 0 aliphatic carbocycles. The van der Waals surface area contributed by atoms with Gasteiger partial charge in [-0.1, -0.05) is 22.9 Å². The van der Waals surface area contributed by atoms with Crippen LogP contribution in [0.5, 0.6) is 0 Å². The molecule has 3 aromatic rings. The number of aryl methyl sites for hydroxylation is 1. The van der Waals surface area contributed by atoms with Crippen LogP contribution >= 0.6 is 0 Å². The molecule has 5 rings (SSSR count). The molecule has 8 heteroatoms. The molecule has 4 heterocycles. The zero-order valence-electron chi connectivity index (χ0n) is 18.2. The summed E-state index contributed by atoms with van der Waals surface area (Å²) in [5.74, 6) is 1.62. The smallest absolute Gasteiger partial charge is 0.253 e. The Morgan fingerprint density at radius 1 is 1.25 bits per heavy atom. The Balaban J connectivity index is 1.19. The normalized spacial score (nSPS) is 20.4. The Hall–Kier alpha value is -3.13. The van der Waals surface area contributed by atoms with Gasteiger partial charge in [-0.25, -0.2) is 4.98 Å². The van der Waals surface area contributed by atoms with E-state index in [1.807, 2.05) is 36.1 Å². The highest BCUT2D eigenvalue weighted by atomic mass is 16.5. The van der Waals surface area contributed by atoms with Crippen molar-refractivity contribution in [2.45, 2.75) is 44.6 Å². The van der Waals surface area contributed by atoms with Gasteiger partial charge < -0.3 is 14.2 Å². The first-order valence-electron chi connectivity index (χ1n) is 11.2. The van der Waals surface area contributed by atoms with Crippen molar-refractivity contribution in [1.29, 1.82) is 0 Å². The van der Waals surface area contributed by atoms with Gasteiger partial charge in [0.15, 0.2) is 0 Å². The van der Waals surface area contributed by atoms with Crippen LogP contribution in [-0.2, 0) is 11.2 Å². The highest BCUT2D eigenvalue weighted by Gasteiger charge is 2.41. The van der Waals surface area contributed by atoms with Gasteiger partial charge in [0, 0.05) is 44.1 Å². The summed E-state index contributed by atoms with van der Waals surface area (Å²) in [5, 5.41) is 4.06. The lowest BCUT2D eigenvalue weighted by Gasteiger charge is -2.46. The number of nitrogens with zero attached hydrogens (tertiary/aromatic N) is 5. The second-order valence-electron chi connectivity index (χ2n) is 8.86. The standard InChI is InChI=1S/C24H27N5O3/c1-17-3-2-4-19(13-17)23(30)29-10-6-24(7-11-29)15-18(5-12-31-24)14-21-27-22(28-32-21)20-16-25-8-9-26-20/h2-4,8-9,13,16,18H,5-7,10-12,14-15H2,1H3. The fourth-order valence-electron chi connectivity index (χ4n) is 4.83. The lowest BCUT2D eigenvalue weighted by atomic mass is 9.78. The molecule has 0 saturated carbocycles. The number of amides is 1. The maximum atomic E-state index is 12.9. The van der Waals surface area contributed by atoms with E-state index in [1.165, 1.54) is 0 Å². The minimum atomic E-state index is -0.167. The molecule has 32 heavy (non-hydrogen) atoms. The predicted molar refractivity (Wildman–Crippen MR) is 117 cm³/mol. The molecule has 2 saturated heterocycles. The maximum absolute atomic E-state index is 12.9. The van der Waals surface area contributed by atoms with Gasteiger partial charge in [0.05, 0.1) is 11.8 Å². The van der Waals surface area contributed by atoms with Crippen LogP contribution < -0.4 is 0 Å². The number of piperidine rings is 1. The molecule has 2 aliphatic heterocycles.